The van der Waals surface area contributed by atoms with Gasteiger partial charge in [0.05, 0.1) is 5.69 Å². The van der Waals surface area contributed by atoms with Crippen LogP contribution in [0.4, 0.5) is 15.6 Å². The summed E-state index contributed by atoms with van der Waals surface area (Å²) < 4.78 is 0.130. The second-order valence-corrected chi connectivity index (χ2v) is 5.62. The van der Waals surface area contributed by atoms with E-state index in [0.29, 0.717) is 16.4 Å². The zero-order valence-electron chi connectivity index (χ0n) is 11.5. The molecule has 2 heterocycles. The van der Waals surface area contributed by atoms with Crippen LogP contribution >= 0.6 is 23.6 Å². The number of urea groups is 1. The van der Waals surface area contributed by atoms with E-state index in [9.17, 15) is 9.59 Å². The highest BCUT2D eigenvalue weighted by Gasteiger charge is 2.13. The summed E-state index contributed by atoms with van der Waals surface area (Å²) in [6.07, 6.45) is 1.59. The lowest BCUT2D eigenvalue weighted by atomic mass is 10.1. The van der Waals surface area contributed by atoms with Crippen molar-refractivity contribution < 1.29 is 4.79 Å². The topological polar surface area (TPSA) is 116 Å². The van der Waals surface area contributed by atoms with E-state index in [2.05, 4.69) is 30.8 Å². The van der Waals surface area contributed by atoms with Crippen LogP contribution in [0.2, 0.25) is 0 Å². The minimum atomic E-state index is -0.465. The first kappa shape index (κ1) is 15.1. The van der Waals surface area contributed by atoms with E-state index < -0.39 is 11.6 Å². The Morgan fingerprint density at radius 3 is 2.83 bits per heavy atom. The summed E-state index contributed by atoms with van der Waals surface area (Å²) in [6.45, 7) is 0. The molecular formula is C13H10N6O2S2. The molecule has 23 heavy (non-hydrogen) atoms. The van der Waals surface area contributed by atoms with Crippen molar-refractivity contribution in [1.29, 1.82) is 0 Å². The third kappa shape index (κ3) is 3.49. The molecule has 116 valence electrons. The Kier molecular flexibility index (Phi) is 4.26. The SMILES string of the molecule is O=C(Nc1nccs1)Nc1ccccc1-c1n[nH]c(=S)[nH]c1=O. The van der Waals surface area contributed by atoms with Gasteiger partial charge in [0, 0.05) is 17.1 Å². The monoisotopic (exact) mass is 346 g/mol. The maximum absolute atomic E-state index is 12.0. The van der Waals surface area contributed by atoms with Gasteiger partial charge in [0.1, 0.15) is 0 Å². The number of hydrogen-bond acceptors (Lipinski definition) is 6. The first-order chi connectivity index (χ1) is 11.1. The van der Waals surface area contributed by atoms with Crippen LogP contribution in [0.1, 0.15) is 0 Å². The lowest BCUT2D eigenvalue weighted by molar-refractivity contribution is 0.262. The molecule has 10 heteroatoms. The summed E-state index contributed by atoms with van der Waals surface area (Å²) in [4.78, 5) is 30.4. The van der Waals surface area contributed by atoms with Crippen LogP contribution in [0.15, 0.2) is 40.6 Å². The quantitative estimate of drug-likeness (QED) is 0.544. The normalized spacial score (nSPS) is 10.3. The van der Waals surface area contributed by atoms with Crippen molar-refractivity contribution in [3.05, 3.63) is 51.0 Å². The fraction of sp³-hybridized carbons (Fsp3) is 0. The number of aromatic nitrogens is 4. The number of H-pyrrole nitrogens is 2. The Bertz CT molecular complexity index is 947. The molecular weight excluding hydrogens is 336 g/mol. The Balaban J connectivity index is 1.90. The van der Waals surface area contributed by atoms with Gasteiger partial charge in [-0.25, -0.2) is 9.78 Å². The summed E-state index contributed by atoms with van der Waals surface area (Å²) in [7, 11) is 0. The number of nitrogens with one attached hydrogen (secondary N) is 4. The number of carbonyl (C=O) groups excluding carboxylic acids is 1. The van der Waals surface area contributed by atoms with Crippen LogP contribution in [0, 0.1) is 4.77 Å². The molecule has 2 aromatic heterocycles. The number of amides is 2. The maximum atomic E-state index is 12.0. The van der Waals surface area contributed by atoms with Gasteiger partial charge in [-0.2, -0.15) is 5.10 Å². The zero-order chi connectivity index (χ0) is 16.2. The van der Waals surface area contributed by atoms with Crippen LogP contribution in [-0.4, -0.2) is 26.2 Å². The first-order valence-corrected chi connectivity index (χ1v) is 7.68. The second-order valence-electron chi connectivity index (χ2n) is 4.32. The number of carbonyl (C=O) groups is 1. The maximum Gasteiger partial charge on any atom is 0.325 e. The molecule has 0 unspecified atom stereocenters. The van der Waals surface area contributed by atoms with Crippen molar-refractivity contribution in [2.24, 2.45) is 0 Å². The standard InChI is InChI=1S/C13H10N6O2S2/c20-10-9(18-19-12(22)16-10)7-3-1-2-4-8(7)15-11(21)17-13-14-5-6-23-13/h1-6H,(H2,14,15,17,21)(H2,16,19,20,22). The largest absolute Gasteiger partial charge is 0.325 e. The predicted octanol–water partition coefficient (Wildman–Crippen LogP) is 2.59. The van der Waals surface area contributed by atoms with Crippen LogP contribution < -0.4 is 16.2 Å². The molecule has 8 nitrogen and oxygen atoms in total. The van der Waals surface area contributed by atoms with Crippen LogP contribution in [0.3, 0.4) is 0 Å². The van der Waals surface area contributed by atoms with Gasteiger partial charge in [-0.15, -0.1) is 11.3 Å². The van der Waals surface area contributed by atoms with Crippen LogP contribution in [0.25, 0.3) is 11.3 Å². The lowest BCUT2D eigenvalue weighted by Crippen LogP contribution is -2.21. The molecule has 0 fully saturated rings. The summed E-state index contributed by atoms with van der Waals surface area (Å²) in [5, 5.41) is 14.0. The Morgan fingerprint density at radius 2 is 2.09 bits per heavy atom. The van der Waals surface area contributed by atoms with Crippen molar-refractivity contribution in [3.63, 3.8) is 0 Å². The van der Waals surface area contributed by atoms with E-state index in [1.54, 1.807) is 35.8 Å². The molecule has 0 spiro atoms. The van der Waals surface area contributed by atoms with Crippen molar-refractivity contribution in [2.45, 2.75) is 0 Å². The molecule has 4 N–H and O–H groups in total. The molecule has 0 aliphatic carbocycles. The smallest absolute Gasteiger partial charge is 0.307 e. The highest BCUT2D eigenvalue weighted by Crippen LogP contribution is 2.23. The highest BCUT2D eigenvalue weighted by molar-refractivity contribution is 7.71. The molecule has 1 aromatic carbocycles. The van der Waals surface area contributed by atoms with E-state index in [-0.39, 0.29) is 10.5 Å². The molecule has 3 aromatic rings. The molecule has 0 radical (unpaired) electrons. The van der Waals surface area contributed by atoms with Crippen molar-refractivity contribution in [3.8, 4) is 11.3 Å². The fourth-order valence-corrected chi connectivity index (χ4v) is 2.53. The van der Waals surface area contributed by atoms with Gasteiger partial charge in [0.25, 0.3) is 5.56 Å². The Hall–Kier alpha value is -2.85. The van der Waals surface area contributed by atoms with E-state index in [1.165, 1.54) is 11.3 Å². The van der Waals surface area contributed by atoms with Crippen molar-refractivity contribution in [2.75, 3.05) is 10.6 Å². The minimum Gasteiger partial charge on any atom is -0.307 e. The Morgan fingerprint density at radius 1 is 1.26 bits per heavy atom. The second kappa shape index (κ2) is 6.50. The molecule has 0 aliphatic rings. The zero-order valence-corrected chi connectivity index (χ0v) is 13.1. The predicted molar refractivity (Wildman–Crippen MR) is 90.2 cm³/mol. The van der Waals surface area contributed by atoms with Crippen LogP contribution in [-0.2, 0) is 0 Å². The number of hydrogen-bond donors (Lipinski definition) is 4. The van der Waals surface area contributed by atoms with Gasteiger partial charge >= 0.3 is 6.03 Å². The summed E-state index contributed by atoms with van der Waals surface area (Å²) in [5.41, 5.74) is 0.589. The average molecular weight is 346 g/mol. The summed E-state index contributed by atoms with van der Waals surface area (Å²) in [5.74, 6) is 0. The lowest BCUT2D eigenvalue weighted by Gasteiger charge is -2.10. The van der Waals surface area contributed by atoms with Gasteiger partial charge in [-0.3, -0.25) is 20.2 Å². The van der Waals surface area contributed by atoms with E-state index in [0.717, 1.165) is 0 Å². The van der Waals surface area contributed by atoms with E-state index in [1.807, 2.05) is 0 Å². The average Bonchev–Trinajstić information content (AvgIpc) is 3.01. The molecule has 0 saturated heterocycles. The third-order valence-corrected chi connectivity index (χ3v) is 3.68. The number of thiazole rings is 1. The van der Waals surface area contributed by atoms with Gasteiger partial charge in [-0.05, 0) is 18.3 Å². The minimum absolute atomic E-state index is 0.128. The first-order valence-electron chi connectivity index (χ1n) is 6.39. The van der Waals surface area contributed by atoms with Crippen LogP contribution in [0.5, 0.6) is 0 Å². The molecule has 2 amide bonds. The Labute approximate surface area is 138 Å². The van der Waals surface area contributed by atoms with E-state index in [4.69, 9.17) is 12.2 Å². The number of nitrogens with zero attached hydrogens (tertiary/aromatic N) is 2. The fourth-order valence-electron chi connectivity index (χ4n) is 1.86. The number of rotatable bonds is 3. The molecule has 0 atom stereocenters. The van der Waals surface area contributed by atoms with Gasteiger partial charge < -0.3 is 5.32 Å². The summed E-state index contributed by atoms with van der Waals surface area (Å²) in [6, 6.07) is 6.35. The van der Waals surface area contributed by atoms with Gasteiger partial charge in [-0.1, -0.05) is 18.2 Å². The number of para-hydroxylation sites is 1. The number of anilines is 2. The van der Waals surface area contributed by atoms with Gasteiger partial charge in [0.15, 0.2) is 15.6 Å². The summed E-state index contributed by atoms with van der Waals surface area (Å²) >= 11 is 6.12. The number of aromatic amines is 2. The van der Waals surface area contributed by atoms with Crippen molar-refractivity contribution in [1.82, 2.24) is 20.2 Å². The molecule has 0 bridgehead atoms. The third-order valence-electron chi connectivity index (χ3n) is 2.79. The highest BCUT2D eigenvalue weighted by atomic mass is 32.1. The van der Waals surface area contributed by atoms with Gasteiger partial charge in [0.2, 0.25) is 0 Å². The molecule has 0 saturated carbocycles. The molecule has 0 aliphatic heterocycles. The van der Waals surface area contributed by atoms with Crippen molar-refractivity contribution >= 4 is 40.4 Å². The van der Waals surface area contributed by atoms with E-state index >= 15 is 0 Å². The molecule has 3 rings (SSSR count). The number of benzene rings is 1.